The lowest BCUT2D eigenvalue weighted by Crippen LogP contribution is -2.33. The summed E-state index contributed by atoms with van der Waals surface area (Å²) in [5, 5.41) is 11.7. The Bertz CT molecular complexity index is 858. The van der Waals surface area contributed by atoms with Crippen molar-refractivity contribution in [2.24, 2.45) is 0 Å². The highest BCUT2D eigenvalue weighted by molar-refractivity contribution is 5.96. The van der Waals surface area contributed by atoms with Gasteiger partial charge in [-0.2, -0.15) is 5.26 Å². The van der Waals surface area contributed by atoms with Crippen LogP contribution >= 0.6 is 0 Å². The minimum atomic E-state index is -0.200. The molecule has 0 heterocycles. The molecule has 0 spiro atoms. The summed E-state index contributed by atoms with van der Waals surface area (Å²) in [5.74, 6) is -0.298. The topological polar surface area (TPSA) is 73.2 Å². The molecule has 0 saturated heterocycles. The molecule has 2 rings (SSSR count). The van der Waals surface area contributed by atoms with E-state index in [1.165, 1.54) is 6.92 Å². The van der Waals surface area contributed by atoms with Crippen LogP contribution in [0.4, 0.5) is 11.4 Å². The van der Waals surface area contributed by atoms with E-state index in [1.807, 2.05) is 39.0 Å². The maximum absolute atomic E-state index is 12.3. The highest BCUT2D eigenvalue weighted by Crippen LogP contribution is 2.26. The fourth-order valence-electron chi connectivity index (χ4n) is 3.13. The fraction of sp³-hybridized carbons (Fsp3) is 0.286. The number of nitrogens with zero attached hydrogens (tertiary/aromatic N) is 2. The van der Waals surface area contributed by atoms with Crippen molar-refractivity contribution in [1.29, 1.82) is 5.26 Å². The zero-order valence-corrected chi connectivity index (χ0v) is 15.6. The minimum absolute atomic E-state index is 0.0978. The van der Waals surface area contributed by atoms with Crippen molar-refractivity contribution in [2.75, 3.05) is 16.8 Å². The first-order valence-corrected chi connectivity index (χ1v) is 8.47. The first-order chi connectivity index (χ1) is 12.3. The lowest BCUT2D eigenvalue weighted by atomic mass is 10.0. The molecule has 0 atom stereocenters. The SMILES string of the molecule is CC(=O)N(CCC(=O)Nc1cccc(C#N)c1)c1c(C)cc(C)cc1C. The van der Waals surface area contributed by atoms with Crippen molar-refractivity contribution >= 4 is 23.2 Å². The molecule has 5 nitrogen and oxygen atoms in total. The highest BCUT2D eigenvalue weighted by atomic mass is 16.2. The zero-order chi connectivity index (χ0) is 19.3. The Labute approximate surface area is 154 Å². The van der Waals surface area contributed by atoms with Gasteiger partial charge in [-0.3, -0.25) is 9.59 Å². The van der Waals surface area contributed by atoms with Crippen molar-refractivity contribution in [2.45, 2.75) is 34.1 Å². The van der Waals surface area contributed by atoms with Gasteiger partial charge in [0.15, 0.2) is 0 Å². The summed E-state index contributed by atoms with van der Waals surface area (Å²) in [5.41, 5.74) is 5.09. The molecule has 0 bridgehead atoms. The molecular weight excluding hydrogens is 326 g/mol. The summed E-state index contributed by atoms with van der Waals surface area (Å²) in [6, 6.07) is 12.9. The molecule has 0 aliphatic carbocycles. The minimum Gasteiger partial charge on any atom is -0.326 e. The number of nitrogens with one attached hydrogen (secondary N) is 1. The summed E-state index contributed by atoms with van der Waals surface area (Å²) in [6.45, 7) is 7.76. The Morgan fingerprint density at radius 3 is 2.35 bits per heavy atom. The average molecular weight is 349 g/mol. The van der Waals surface area contributed by atoms with E-state index < -0.39 is 0 Å². The lowest BCUT2D eigenvalue weighted by molar-refractivity contribution is -0.117. The Morgan fingerprint density at radius 1 is 1.12 bits per heavy atom. The zero-order valence-electron chi connectivity index (χ0n) is 15.6. The van der Waals surface area contributed by atoms with Gasteiger partial charge in [0, 0.05) is 31.3 Å². The summed E-state index contributed by atoms with van der Waals surface area (Å²) < 4.78 is 0. The second kappa shape index (κ2) is 8.30. The van der Waals surface area contributed by atoms with E-state index >= 15 is 0 Å². The number of carbonyl (C=O) groups is 2. The van der Waals surface area contributed by atoms with E-state index in [-0.39, 0.29) is 18.2 Å². The Morgan fingerprint density at radius 2 is 1.77 bits per heavy atom. The number of aryl methyl sites for hydroxylation is 3. The van der Waals surface area contributed by atoms with Gasteiger partial charge in [0.1, 0.15) is 0 Å². The van der Waals surface area contributed by atoms with Gasteiger partial charge < -0.3 is 10.2 Å². The maximum atomic E-state index is 12.3. The molecule has 0 aromatic heterocycles. The molecule has 5 heteroatoms. The molecule has 1 N–H and O–H groups in total. The van der Waals surface area contributed by atoms with Gasteiger partial charge >= 0.3 is 0 Å². The van der Waals surface area contributed by atoms with Crippen LogP contribution in [0.5, 0.6) is 0 Å². The second-order valence-corrected chi connectivity index (χ2v) is 6.41. The van der Waals surface area contributed by atoms with Crippen LogP contribution in [-0.2, 0) is 9.59 Å². The molecule has 26 heavy (non-hydrogen) atoms. The largest absolute Gasteiger partial charge is 0.326 e. The van der Waals surface area contributed by atoms with Crippen molar-refractivity contribution in [1.82, 2.24) is 0 Å². The van der Waals surface area contributed by atoms with Gasteiger partial charge in [0.25, 0.3) is 0 Å². The Hall–Kier alpha value is -3.13. The third-order valence-corrected chi connectivity index (χ3v) is 4.12. The fourth-order valence-corrected chi connectivity index (χ4v) is 3.13. The number of hydrogen-bond acceptors (Lipinski definition) is 3. The number of amides is 2. The number of nitriles is 1. The Balaban J connectivity index is 2.11. The van der Waals surface area contributed by atoms with Crippen molar-refractivity contribution < 1.29 is 9.59 Å². The predicted octanol–water partition coefficient (Wildman–Crippen LogP) is 3.87. The predicted molar refractivity (Wildman–Crippen MR) is 103 cm³/mol. The quantitative estimate of drug-likeness (QED) is 0.890. The molecule has 0 saturated carbocycles. The molecule has 0 unspecified atom stereocenters. The van der Waals surface area contributed by atoms with Crippen LogP contribution in [0.25, 0.3) is 0 Å². The summed E-state index contributed by atoms with van der Waals surface area (Å²) in [4.78, 5) is 26.1. The molecule has 0 aliphatic rings. The average Bonchev–Trinajstić information content (AvgIpc) is 2.56. The van der Waals surface area contributed by atoms with Crippen molar-refractivity contribution in [3.8, 4) is 6.07 Å². The van der Waals surface area contributed by atoms with E-state index in [0.717, 1.165) is 22.4 Å². The number of rotatable bonds is 5. The van der Waals surface area contributed by atoms with Crippen LogP contribution in [0, 0.1) is 32.1 Å². The first kappa shape index (κ1) is 19.2. The first-order valence-electron chi connectivity index (χ1n) is 8.47. The van der Waals surface area contributed by atoms with Crippen LogP contribution in [0.3, 0.4) is 0 Å². The molecule has 2 aromatic rings. The van der Waals surface area contributed by atoms with Crippen molar-refractivity contribution in [3.63, 3.8) is 0 Å². The number of anilines is 2. The highest BCUT2D eigenvalue weighted by Gasteiger charge is 2.18. The third kappa shape index (κ3) is 4.70. The van der Waals surface area contributed by atoms with E-state index in [0.29, 0.717) is 17.8 Å². The van der Waals surface area contributed by atoms with E-state index in [1.54, 1.807) is 29.2 Å². The normalized spacial score (nSPS) is 10.1. The van der Waals surface area contributed by atoms with E-state index in [2.05, 4.69) is 5.32 Å². The van der Waals surface area contributed by atoms with Crippen LogP contribution in [0.1, 0.15) is 35.6 Å². The van der Waals surface area contributed by atoms with Crippen LogP contribution in [0.2, 0.25) is 0 Å². The van der Waals surface area contributed by atoms with Crippen LogP contribution < -0.4 is 10.2 Å². The van der Waals surface area contributed by atoms with Gasteiger partial charge in [0.05, 0.1) is 11.6 Å². The monoisotopic (exact) mass is 349 g/mol. The number of benzene rings is 2. The number of hydrogen-bond donors (Lipinski definition) is 1. The molecule has 0 fully saturated rings. The summed E-state index contributed by atoms with van der Waals surface area (Å²) in [7, 11) is 0. The lowest BCUT2D eigenvalue weighted by Gasteiger charge is -2.25. The molecule has 2 amide bonds. The van der Waals surface area contributed by atoms with Gasteiger partial charge in [-0.05, 0) is 50.1 Å². The van der Waals surface area contributed by atoms with Gasteiger partial charge in [0.2, 0.25) is 11.8 Å². The van der Waals surface area contributed by atoms with Gasteiger partial charge in [-0.25, -0.2) is 0 Å². The Kier molecular flexibility index (Phi) is 6.13. The second-order valence-electron chi connectivity index (χ2n) is 6.41. The van der Waals surface area contributed by atoms with Gasteiger partial charge in [-0.1, -0.05) is 23.8 Å². The molecular formula is C21H23N3O2. The van der Waals surface area contributed by atoms with E-state index in [4.69, 9.17) is 5.26 Å². The molecule has 0 radical (unpaired) electrons. The van der Waals surface area contributed by atoms with Gasteiger partial charge in [-0.15, -0.1) is 0 Å². The standard InChI is InChI=1S/C21H23N3O2/c1-14-10-15(2)21(16(3)11-14)24(17(4)25)9-8-20(26)23-19-7-5-6-18(12-19)13-22/h5-7,10-12H,8-9H2,1-4H3,(H,23,26). The smallest absolute Gasteiger partial charge is 0.226 e. The molecule has 0 aliphatic heterocycles. The summed E-state index contributed by atoms with van der Waals surface area (Å²) >= 11 is 0. The van der Waals surface area contributed by atoms with E-state index in [9.17, 15) is 9.59 Å². The summed E-state index contributed by atoms with van der Waals surface area (Å²) in [6.07, 6.45) is 0.170. The number of carbonyl (C=O) groups excluding carboxylic acids is 2. The van der Waals surface area contributed by atoms with Crippen molar-refractivity contribution in [3.05, 3.63) is 58.7 Å². The third-order valence-electron chi connectivity index (χ3n) is 4.12. The molecule has 2 aromatic carbocycles. The van der Waals surface area contributed by atoms with Crippen LogP contribution in [0.15, 0.2) is 36.4 Å². The maximum Gasteiger partial charge on any atom is 0.226 e. The molecule has 134 valence electrons. The van der Waals surface area contributed by atoms with Crippen LogP contribution in [-0.4, -0.2) is 18.4 Å².